The minimum atomic E-state index is -0.189. The van der Waals surface area contributed by atoms with Gasteiger partial charge in [-0.15, -0.1) is 11.3 Å². The summed E-state index contributed by atoms with van der Waals surface area (Å²) < 4.78 is 0. The van der Waals surface area contributed by atoms with E-state index in [1.54, 1.807) is 18.3 Å². The fourth-order valence-corrected chi connectivity index (χ4v) is 3.40. The van der Waals surface area contributed by atoms with Crippen LogP contribution in [-0.4, -0.2) is 16.7 Å². The van der Waals surface area contributed by atoms with Gasteiger partial charge < -0.3 is 5.32 Å². The first kappa shape index (κ1) is 18.0. The Morgan fingerprint density at radius 2 is 1.73 bits per heavy atom. The maximum Gasteiger partial charge on any atom is 0.226 e. The van der Waals surface area contributed by atoms with Gasteiger partial charge in [-0.05, 0) is 12.5 Å². The predicted molar refractivity (Wildman–Crippen MR) is 105 cm³/mol. The Morgan fingerprint density at radius 3 is 2.46 bits per heavy atom. The number of thiazole rings is 1. The van der Waals surface area contributed by atoms with Gasteiger partial charge in [-0.2, -0.15) is 0 Å². The van der Waals surface area contributed by atoms with Gasteiger partial charge in [0.25, 0.3) is 0 Å². The number of aryl methyl sites for hydroxylation is 1. The van der Waals surface area contributed by atoms with E-state index in [9.17, 15) is 9.59 Å². The summed E-state index contributed by atoms with van der Waals surface area (Å²) in [6.45, 7) is 1.97. The van der Waals surface area contributed by atoms with Crippen LogP contribution >= 0.6 is 11.3 Å². The molecular weight excluding hydrogens is 344 g/mol. The normalized spacial score (nSPS) is 10.5. The molecule has 0 bridgehead atoms. The highest BCUT2D eigenvalue weighted by Gasteiger charge is 2.11. The Labute approximate surface area is 156 Å². The molecule has 0 aliphatic carbocycles. The third-order valence-corrected chi connectivity index (χ3v) is 4.89. The van der Waals surface area contributed by atoms with Crippen LogP contribution in [-0.2, 0) is 11.2 Å². The van der Waals surface area contributed by atoms with Crippen molar-refractivity contribution < 1.29 is 9.59 Å². The molecule has 0 saturated heterocycles. The van der Waals surface area contributed by atoms with Crippen molar-refractivity contribution in [1.29, 1.82) is 0 Å². The summed E-state index contributed by atoms with van der Waals surface area (Å²) in [5.41, 5.74) is 2.95. The van der Waals surface area contributed by atoms with E-state index >= 15 is 0 Å². The van der Waals surface area contributed by atoms with E-state index in [0.717, 1.165) is 16.9 Å². The highest BCUT2D eigenvalue weighted by atomic mass is 32.1. The number of rotatable bonds is 7. The van der Waals surface area contributed by atoms with E-state index in [0.29, 0.717) is 10.7 Å². The average molecular weight is 364 g/mol. The lowest BCUT2D eigenvalue weighted by Crippen LogP contribution is -2.13. The summed E-state index contributed by atoms with van der Waals surface area (Å²) in [5, 5.41) is 3.35. The van der Waals surface area contributed by atoms with E-state index < -0.39 is 0 Å². The van der Waals surface area contributed by atoms with Gasteiger partial charge in [0.2, 0.25) is 5.91 Å². The predicted octanol–water partition coefficient (Wildman–Crippen LogP) is 4.64. The van der Waals surface area contributed by atoms with Crippen LogP contribution in [0.1, 0.15) is 39.2 Å². The molecule has 0 fully saturated rings. The molecule has 0 aliphatic rings. The topological polar surface area (TPSA) is 59.1 Å². The average Bonchev–Trinajstić information content (AvgIpc) is 3.08. The van der Waals surface area contributed by atoms with Crippen LogP contribution in [0.2, 0.25) is 0 Å². The summed E-state index contributed by atoms with van der Waals surface area (Å²) in [4.78, 5) is 29.5. The van der Waals surface area contributed by atoms with Crippen LogP contribution in [0, 0.1) is 6.92 Å². The molecule has 1 N–H and O–H groups in total. The zero-order valence-corrected chi connectivity index (χ0v) is 15.4. The van der Waals surface area contributed by atoms with E-state index in [-0.39, 0.29) is 24.5 Å². The van der Waals surface area contributed by atoms with Crippen molar-refractivity contribution in [2.24, 2.45) is 0 Å². The van der Waals surface area contributed by atoms with Crippen LogP contribution in [0.3, 0.4) is 0 Å². The van der Waals surface area contributed by atoms with Crippen LogP contribution in [0.25, 0.3) is 0 Å². The molecule has 1 amide bonds. The number of carbonyl (C=O) groups excluding carboxylic acids is 2. The Kier molecular flexibility index (Phi) is 5.92. The largest absolute Gasteiger partial charge is 0.302 e. The molecule has 2 aromatic carbocycles. The number of carbonyl (C=O) groups is 2. The summed E-state index contributed by atoms with van der Waals surface area (Å²) >= 11 is 1.46. The maximum absolute atomic E-state index is 12.1. The van der Waals surface area contributed by atoms with Gasteiger partial charge in [0, 0.05) is 35.9 Å². The SMILES string of the molecule is Cc1ccc(C(=O)CCC(=O)Nc2ncc(Cc3ccccc3)s2)cc1. The minimum Gasteiger partial charge on any atom is -0.302 e. The number of benzene rings is 2. The lowest BCUT2D eigenvalue weighted by molar-refractivity contribution is -0.116. The van der Waals surface area contributed by atoms with Crippen LogP contribution in [0.5, 0.6) is 0 Å². The molecular formula is C21H20N2O2S. The third kappa shape index (κ3) is 5.10. The van der Waals surface area contributed by atoms with Gasteiger partial charge in [-0.25, -0.2) is 4.98 Å². The van der Waals surface area contributed by atoms with Gasteiger partial charge in [0.15, 0.2) is 10.9 Å². The van der Waals surface area contributed by atoms with Crippen LogP contribution in [0.4, 0.5) is 5.13 Å². The standard InChI is InChI=1S/C21H20N2O2S/c1-15-7-9-17(10-8-15)19(24)11-12-20(25)23-21-22-14-18(26-21)13-16-5-3-2-4-6-16/h2-10,14H,11-13H2,1H3,(H,22,23,25). The molecule has 1 aromatic heterocycles. The second-order valence-corrected chi connectivity index (χ2v) is 7.25. The molecule has 0 spiro atoms. The Hall–Kier alpha value is -2.79. The number of nitrogens with one attached hydrogen (secondary N) is 1. The number of aromatic nitrogens is 1. The van der Waals surface area contributed by atoms with Crippen molar-refractivity contribution in [2.75, 3.05) is 5.32 Å². The molecule has 0 aliphatic heterocycles. The van der Waals surface area contributed by atoms with Crippen molar-refractivity contribution in [3.8, 4) is 0 Å². The van der Waals surface area contributed by atoms with E-state index in [2.05, 4.69) is 22.4 Å². The minimum absolute atomic E-state index is 0.0240. The first-order chi connectivity index (χ1) is 12.6. The Bertz CT molecular complexity index is 886. The van der Waals surface area contributed by atoms with Crippen LogP contribution in [0.15, 0.2) is 60.8 Å². The first-order valence-electron chi connectivity index (χ1n) is 8.48. The van der Waals surface area contributed by atoms with Crippen LogP contribution < -0.4 is 5.32 Å². The number of nitrogens with zero attached hydrogens (tertiary/aromatic N) is 1. The molecule has 1 heterocycles. The molecule has 0 unspecified atom stereocenters. The van der Waals surface area contributed by atoms with Crippen molar-refractivity contribution in [1.82, 2.24) is 4.98 Å². The number of Topliss-reactive ketones (excluding diaryl/α,β-unsaturated/α-hetero) is 1. The van der Waals surface area contributed by atoms with Gasteiger partial charge in [-0.1, -0.05) is 60.2 Å². The zero-order chi connectivity index (χ0) is 18.4. The van der Waals surface area contributed by atoms with Crippen molar-refractivity contribution in [2.45, 2.75) is 26.2 Å². The number of ketones is 1. The molecule has 3 rings (SSSR count). The number of anilines is 1. The summed E-state index contributed by atoms with van der Waals surface area (Å²) in [6, 6.07) is 17.5. The lowest BCUT2D eigenvalue weighted by atomic mass is 10.1. The fourth-order valence-electron chi connectivity index (χ4n) is 2.54. The monoisotopic (exact) mass is 364 g/mol. The highest BCUT2D eigenvalue weighted by Crippen LogP contribution is 2.21. The van der Waals surface area contributed by atoms with Crippen molar-refractivity contribution in [3.05, 3.63) is 82.4 Å². The summed E-state index contributed by atoms with van der Waals surface area (Å²) in [5.74, 6) is -0.213. The fraction of sp³-hybridized carbons (Fsp3) is 0.190. The van der Waals surface area contributed by atoms with Crippen molar-refractivity contribution >= 4 is 28.2 Å². The molecule has 132 valence electrons. The second-order valence-electron chi connectivity index (χ2n) is 6.13. The van der Waals surface area contributed by atoms with Gasteiger partial charge >= 0.3 is 0 Å². The van der Waals surface area contributed by atoms with Gasteiger partial charge in [0.1, 0.15) is 0 Å². The number of hydrogen-bond acceptors (Lipinski definition) is 4. The lowest BCUT2D eigenvalue weighted by Gasteiger charge is -2.02. The highest BCUT2D eigenvalue weighted by molar-refractivity contribution is 7.15. The second kappa shape index (κ2) is 8.54. The molecule has 0 radical (unpaired) electrons. The third-order valence-electron chi connectivity index (χ3n) is 3.97. The maximum atomic E-state index is 12.1. The molecule has 26 heavy (non-hydrogen) atoms. The molecule has 0 atom stereocenters. The van der Waals surface area contributed by atoms with Gasteiger partial charge in [0.05, 0.1) is 0 Å². The summed E-state index contributed by atoms with van der Waals surface area (Å²) in [6.07, 6.45) is 2.92. The Balaban J connectivity index is 1.49. The smallest absolute Gasteiger partial charge is 0.226 e. The molecule has 4 nitrogen and oxygen atoms in total. The summed E-state index contributed by atoms with van der Waals surface area (Å²) in [7, 11) is 0. The van der Waals surface area contributed by atoms with E-state index in [1.807, 2.05) is 37.3 Å². The van der Waals surface area contributed by atoms with Crippen molar-refractivity contribution in [3.63, 3.8) is 0 Å². The quantitative estimate of drug-likeness (QED) is 0.621. The number of amides is 1. The van der Waals surface area contributed by atoms with E-state index in [1.165, 1.54) is 16.9 Å². The Morgan fingerprint density at radius 1 is 1.00 bits per heavy atom. The zero-order valence-electron chi connectivity index (χ0n) is 14.6. The van der Waals surface area contributed by atoms with Gasteiger partial charge in [-0.3, -0.25) is 9.59 Å². The first-order valence-corrected chi connectivity index (χ1v) is 9.30. The number of hydrogen-bond donors (Lipinski definition) is 1. The molecule has 5 heteroatoms. The molecule has 3 aromatic rings. The molecule has 0 saturated carbocycles. The van der Waals surface area contributed by atoms with E-state index in [4.69, 9.17) is 0 Å².